The molecular formula is C14H12O3. The average molecular weight is 228 g/mol. The second-order valence-corrected chi connectivity index (χ2v) is 3.75. The van der Waals surface area contributed by atoms with E-state index in [1.54, 1.807) is 12.1 Å². The fourth-order valence-corrected chi connectivity index (χ4v) is 2.05. The Labute approximate surface area is 99.0 Å². The predicted molar refractivity (Wildman–Crippen MR) is 64.8 cm³/mol. The van der Waals surface area contributed by atoms with E-state index >= 15 is 0 Å². The molecule has 1 atom stereocenters. The molecule has 1 aliphatic rings. The van der Waals surface area contributed by atoms with Crippen LogP contribution in [0.1, 0.15) is 22.0 Å². The van der Waals surface area contributed by atoms with Gasteiger partial charge in [0.05, 0.1) is 0 Å². The van der Waals surface area contributed by atoms with Crippen molar-refractivity contribution in [2.24, 2.45) is 0 Å². The molecule has 0 heterocycles. The maximum Gasteiger partial charge on any atom is 0.193 e. The quantitative estimate of drug-likeness (QED) is 0.816. The highest BCUT2D eigenvalue weighted by Gasteiger charge is 2.31. The Balaban J connectivity index is 2.77. The van der Waals surface area contributed by atoms with Crippen LogP contribution in [-0.2, 0) is 0 Å². The Morgan fingerprint density at radius 3 is 2.53 bits per heavy atom. The third-order valence-electron chi connectivity index (χ3n) is 2.88. The number of hydrogen-bond acceptors (Lipinski definition) is 3. The van der Waals surface area contributed by atoms with Gasteiger partial charge in [0, 0.05) is 16.7 Å². The highest BCUT2D eigenvalue weighted by Crippen LogP contribution is 2.39. The van der Waals surface area contributed by atoms with Crippen molar-refractivity contribution in [2.45, 2.75) is 6.10 Å². The summed E-state index contributed by atoms with van der Waals surface area (Å²) in [5, 5.41) is 19.9. The topological polar surface area (TPSA) is 57.5 Å². The van der Waals surface area contributed by atoms with Gasteiger partial charge in [-0.1, -0.05) is 37.4 Å². The average Bonchev–Trinajstić information content (AvgIpc) is 2.33. The molecule has 0 aromatic heterocycles. The summed E-state index contributed by atoms with van der Waals surface area (Å²) in [5.74, 6) is -0.350. The molecule has 0 fully saturated rings. The summed E-state index contributed by atoms with van der Waals surface area (Å²) in [6, 6.07) is 4.58. The molecule has 2 rings (SSSR count). The van der Waals surface area contributed by atoms with E-state index in [9.17, 15) is 15.0 Å². The van der Waals surface area contributed by atoms with Crippen LogP contribution < -0.4 is 0 Å². The largest absolute Gasteiger partial charge is 0.508 e. The van der Waals surface area contributed by atoms with Crippen molar-refractivity contribution in [3.63, 3.8) is 0 Å². The Hall–Kier alpha value is -2.13. The lowest BCUT2D eigenvalue weighted by Crippen LogP contribution is -2.19. The zero-order valence-corrected chi connectivity index (χ0v) is 9.18. The molecule has 3 nitrogen and oxygen atoms in total. The van der Waals surface area contributed by atoms with Gasteiger partial charge in [-0.15, -0.1) is 0 Å². The SMILES string of the molecule is C=CC1=C(C=C)C(O)c2c(O)cccc2C1=O. The minimum Gasteiger partial charge on any atom is -0.508 e. The van der Waals surface area contributed by atoms with Crippen molar-refractivity contribution >= 4 is 5.78 Å². The first-order valence-electron chi connectivity index (χ1n) is 5.15. The molecule has 17 heavy (non-hydrogen) atoms. The lowest BCUT2D eigenvalue weighted by atomic mass is 9.82. The molecule has 0 amide bonds. The summed E-state index contributed by atoms with van der Waals surface area (Å²) >= 11 is 0. The van der Waals surface area contributed by atoms with Gasteiger partial charge in [0.1, 0.15) is 11.9 Å². The number of hydrogen-bond donors (Lipinski definition) is 2. The fraction of sp³-hybridized carbons (Fsp3) is 0.0714. The number of carbonyl (C=O) groups is 1. The van der Waals surface area contributed by atoms with Crippen LogP contribution in [0.5, 0.6) is 5.75 Å². The first-order chi connectivity index (χ1) is 8.11. The summed E-state index contributed by atoms with van der Waals surface area (Å²) in [7, 11) is 0. The van der Waals surface area contributed by atoms with E-state index in [1.165, 1.54) is 18.2 Å². The summed E-state index contributed by atoms with van der Waals surface area (Å²) in [4.78, 5) is 12.1. The van der Waals surface area contributed by atoms with Crippen LogP contribution >= 0.6 is 0 Å². The highest BCUT2D eigenvalue weighted by atomic mass is 16.3. The number of Topliss-reactive ketones (excluding diaryl/α,β-unsaturated/α-hetero) is 1. The van der Waals surface area contributed by atoms with Crippen LogP contribution in [-0.4, -0.2) is 16.0 Å². The number of benzene rings is 1. The normalized spacial score (nSPS) is 18.9. The molecule has 1 aromatic carbocycles. The Morgan fingerprint density at radius 1 is 1.24 bits per heavy atom. The van der Waals surface area contributed by atoms with Crippen LogP contribution in [0.25, 0.3) is 0 Å². The van der Waals surface area contributed by atoms with Crippen LogP contribution in [0, 0.1) is 0 Å². The molecule has 0 saturated heterocycles. The van der Waals surface area contributed by atoms with Crippen molar-refractivity contribution < 1.29 is 15.0 Å². The minimum atomic E-state index is -1.05. The van der Waals surface area contributed by atoms with Gasteiger partial charge < -0.3 is 10.2 Å². The van der Waals surface area contributed by atoms with E-state index in [2.05, 4.69) is 13.2 Å². The van der Waals surface area contributed by atoms with Gasteiger partial charge in [0.2, 0.25) is 0 Å². The number of aromatic hydroxyl groups is 1. The number of ketones is 1. The molecule has 2 N–H and O–H groups in total. The van der Waals surface area contributed by atoms with Gasteiger partial charge in [-0.25, -0.2) is 0 Å². The fourth-order valence-electron chi connectivity index (χ4n) is 2.05. The standard InChI is InChI=1S/C14H12O3/c1-3-8-9(4-2)14(17)12-10(13(8)16)6-5-7-11(12)15/h3-7,14-15,17H,1-2H2. The summed E-state index contributed by atoms with van der Waals surface area (Å²) in [5.41, 5.74) is 1.24. The van der Waals surface area contributed by atoms with E-state index in [-0.39, 0.29) is 17.1 Å². The van der Waals surface area contributed by atoms with Crippen molar-refractivity contribution in [3.05, 3.63) is 65.8 Å². The van der Waals surface area contributed by atoms with Crippen molar-refractivity contribution in [1.82, 2.24) is 0 Å². The number of phenolic OH excluding ortho intramolecular Hbond substituents is 1. The summed E-state index contributed by atoms with van der Waals surface area (Å²) < 4.78 is 0. The predicted octanol–water partition coefficient (Wildman–Crippen LogP) is 2.29. The minimum absolute atomic E-state index is 0.0918. The molecule has 0 bridgehead atoms. The Kier molecular flexibility index (Phi) is 2.69. The Bertz CT molecular complexity index is 553. The van der Waals surface area contributed by atoms with E-state index < -0.39 is 6.10 Å². The molecule has 0 aliphatic heterocycles. The van der Waals surface area contributed by atoms with Crippen molar-refractivity contribution in [3.8, 4) is 5.75 Å². The maximum absolute atomic E-state index is 12.1. The van der Waals surface area contributed by atoms with Crippen LogP contribution in [0.15, 0.2) is 54.7 Å². The highest BCUT2D eigenvalue weighted by molar-refractivity contribution is 6.14. The number of aliphatic hydroxyl groups excluding tert-OH is 1. The van der Waals surface area contributed by atoms with Crippen LogP contribution in [0.4, 0.5) is 0 Å². The lowest BCUT2D eigenvalue weighted by Gasteiger charge is -2.24. The molecule has 86 valence electrons. The second-order valence-electron chi connectivity index (χ2n) is 3.75. The maximum atomic E-state index is 12.1. The van der Waals surface area contributed by atoms with Gasteiger partial charge in [-0.05, 0) is 11.6 Å². The lowest BCUT2D eigenvalue weighted by molar-refractivity contribution is 0.101. The molecule has 3 heteroatoms. The van der Waals surface area contributed by atoms with E-state index in [1.807, 2.05) is 0 Å². The van der Waals surface area contributed by atoms with Crippen molar-refractivity contribution in [1.29, 1.82) is 0 Å². The molecule has 1 aromatic rings. The van der Waals surface area contributed by atoms with Gasteiger partial charge in [-0.3, -0.25) is 4.79 Å². The second kappa shape index (κ2) is 4.03. The number of phenols is 1. The van der Waals surface area contributed by atoms with Crippen molar-refractivity contribution in [2.75, 3.05) is 0 Å². The number of aliphatic hydroxyl groups is 1. The van der Waals surface area contributed by atoms with Gasteiger partial charge in [0.25, 0.3) is 0 Å². The number of allylic oxidation sites excluding steroid dienone is 2. The number of rotatable bonds is 2. The molecular weight excluding hydrogens is 216 g/mol. The third-order valence-corrected chi connectivity index (χ3v) is 2.88. The number of carbonyl (C=O) groups excluding carboxylic acids is 1. The zero-order chi connectivity index (χ0) is 12.6. The molecule has 0 spiro atoms. The van der Waals surface area contributed by atoms with E-state index in [4.69, 9.17) is 0 Å². The molecule has 1 unspecified atom stereocenters. The van der Waals surface area contributed by atoms with E-state index in [0.717, 1.165) is 0 Å². The van der Waals surface area contributed by atoms with Gasteiger partial charge >= 0.3 is 0 Å². The smallest absolute Gasteiger partial charge is 0.193 e. The molecule has 1 aliphatic carbocycles. The summed E-state index contributed by atoms with van der Waals surface area (Å²) in [6.45, 7) is 7.13. The first-order valence-corrected chi connectivity index (χ1v) is 5.15. The molecule has 0 saturated carbocycles. The third kappa shape index (κ3) is 1.52. The molecule has 0 radical (unpaired) electrons. The monoisotopic (exact) mass is 228 g/mol. The Morgan fingerprint density at radius 2 is 1.94 bits per heavy atom. The van der Waals surface area contributed by atoms with Crippen LogP contribution in [0.3, 0.4) is 0 Å². The van der Waals surface area contributed by atoms with Crippen LogP contribution in [0.2, 0.25) is 0 Å². The number of fused-ring (bicyclic) bond motifs is 1. The zero-order valence-electron chi connectivity index (χ0n) is 9.18. The first kappa shape index (κ1) is 11.4. The summed E-state index contributed by atoms with van der Waals surface area (Å²) in [6.07, 6.45) is 1.76. The van der Waals surface area contributed by atoms with Gasteiger partial charge in [-0.2, -0.15) is 0 Å². The van der Waals surface area contributed by atoms with Gasteiger partial charge in [0.15, 0.2) is 5.78 Å². The van der Waals surface area contributed by atoms with E-state index in [0.29, 0.717) is 16.7 Å².